The summed E-state index contributed by atoms with van der Waals surface area (Å²) < 4.78 is 0. The molecule has 1 heterocycles. The minimum absolute atomic E-state index is 0.243. The maximum Gasteiger partial charge on any atom is 0.325 e. The van der Waals surface area contributed by atoms with E-state index in [2.05, 4.69) is 5.32 Å². The van der Waals surface area contributed by atoms with Gasteiger partial charge in [-0.05, 0) is 61.1 Å². The summed E-state index contributed by atoms with van der Waals surface area (Å²) in [4.78, 5) is 39.1. The molecule has 1 N–H and O–H groups in total. The van der Waals surface area contributed by atoms with Gasteiger partial charge in [0.25, 0.3) is 5.91 Å². The predicted octanol–water partition coefficient (Wildman–Crippen LogP) is 4.13. The molecule has 0 bridgehead atoms. The fraction of sp³-hybridized carbons (Fsp3) is 0.286. The molecule has 1 unspecified atom stereocenters. The molecular weight excluding hydrogens is 399 g/mol. The van der Waals surface area contributed by atoms with Gasteiger partial charge in [0, 0.05) is 5.56 Å². The Labute approximate surface area is 172 Å². The predicted molar refractivity (Wildman–Crippen MR) is 107 cm³/mol. The first-order valence-corrected chi connectivity index (χ1v) is 9.80. The molecule has 5 nitrogen and oxygen atoms in total. The Kier molecular flexibility index (Phi) is 4.68. The second-order valence-corrected chi connectivity index (χ2v) is 8.15. The van der Waals surface area contributed by atoms with Crippen molar-refractivity contribution in [2.45, 2.75) is 31.7 Å². The number of carbonyl (C=O) groups excluding carboxylic acids is 3. The van der Waals surface area contributed by atoms with Gasteiger partial charge in [-0.15, -0.1) is 0 Å². The fourth-order valence-corrected chi connectivity index (χ4v) is 4.12. The quantitative estimate of drug-likeness (QED) is 0.601. The van der Waals surface area contributed by atoms with Crippen LogP contribution in [0.15, 0.2) is 36.4 Å². The van der Waals surface area contributed by atoms with E-state index in [1.54, 1.807) is 6.92 Å². The highest BCUT2D eigenvalue weighted by atomic mass is 35.5. The maximum absolute atomic E-state index is 13.1. The Morgan fingerprint density at radius 2 is 1.82 bits per heavy atom. The Hall–Kier alpha value is -2.37. The van der Waals surface area contributed by atoms with E-state index in [1.165, 1.54) is 29.3 Å². The van der Waals surface area contributed by atoms with Crippen LogP contribution in [0.25, 0.3) is 0 Å². The van der Waals surface area contributed by atoms with Crippen molar-refractivity contribution in [1.29, 1.82) is 0 Å². The lowest BCUT2D eigenvalue weighted by molar-refractivity contribution is -0.130. The summed E-state index contributed by atoms with van der Waals surface area (Å²) in [6, 6.07) is 9.78. The number of benzene rings is 2. The number of fused-ring (bicyclic) bond motifs is 1. The number of amides is 3. The van der Waals surface area contributed by atoms with Crippen molar-refractivity contribution in [2.75, 3.05) is 6.54 Å². The van der Waals surface area contributed by atoms with Crippen LogP contribution in [-0.2, 0) is 23.2 Å². The van der Waals surface area contributed by atoms with Crippen LogP contribution >= 0.6 is 23.2 Å². The van der Waals surface area contributed by atoms with Crippen molar-refractivity contribution in [1.82, 2.24) is 10.2 Å². The van der Waals surface area contributed by atoms with E-state index in [4.69, 9.17) is 23.2 Å². The van der Waals surface area contributed by atoms with Gasteiger partial charge in [0.05, 0.1) is 16.6 Å². The van der Waals surface area contributed by atoms with Crippen LogP contribution in [0.2, 0.25) is 10.0 Å². The number of imide groups is 1. The van der Waals surface area contributed by atoms with Crippen molar-refractivity contribution in [3.05, 3.63) is 68.7 Å². The molecule has 1 saturated heterocycles. The van der Waals surface area contributed by atoms with Crippen molar-refractivity contribution >= 4 is 40.9 Å². The average molecular weight is 417 g/mol. The molecule has 0 saturated carbocycles. The number of hydrogen-bond acceptors (Lipinski definition) is 3. The molecular formula is C21H18Cl2N2O3. The third kappa shape index (κ3) is 3.09. The van der Waals surface area contributed by atoms with Gasteiger partial charge >= 0.3 is 6.03 Å². The molecule has 1 aliphatic carbocycles. The standard InChI is InChI=1S/C21H18Cl2N2O3/c1-21(15-7-5-12-3-2-4-13(12)9-15)19(27)25(20(28)24-21)11-18(26)14-6-8-16(22)17(23)10-14/h5-10H,2-4,11H2,1H3,(H,24,28). The largest absolute Gasteiger partial charge is 0.325 e. The highest BCUT2D eigenvalue weighted by molar-refractivity contribution is 6.42. The van der Waals surface area contributed by atoms with Crippen molar-refractivity contribution in [3.63, 3.8) is 0 Å². The van der Waals surface area contributed by atoms with E-state index in [-0.39, 0.29) is 17.4 Å². The molecule has 2 aliphatic rings. The number of aryl methyl sites for hydroxylation is 2. The number of ketones is 1. The number of nitrogens with zero attached hydrogens (tertiary/aromatic N) is 1. The van der Waals surface area contributed by atoms with Gasteiger partial charge in [0.2, 0.25) is 0 Å². The summed E-state index contributed by atoms with van der Waals surface area (Å²) in [7, 11) is 0. The van der Waals surface area contributed by atoms with Crippen molar-refractivity contribution in [2.24, 2.45) is 0 Å². The van der Waals surface area contributed by atoms with Gasteiger partial charge in [-0.1, -0.05) is 41.4 Å². The second kappa shape index (κ2) is 6.90. The van der Waals surface area contributed by atoms with E-state index in [0.29, 0.717) is 10.6 Å². The van der Waals surface area contributed by atoms with E-state index in [0.717, 1.165) is 29.7 Å². The minimum Gasteiger partial charge on any atom is -0.319 e. The zero-order valence-corrected chi connectivity index (χ0v) is 16.7. The number of nitrogens with one attached hydrogen (secondary N) is 1. The number of urea groups is 1. The molecule has 7 heteroatoms. The van der Waals surface area contributed by atoms with E-state index < -0.39 is 17.5 Å². The highest BCUT2D eigenvalue weighted by Gasteiger charge is 2.49. The van der Waals surface area contributed by atoms with Crippen LogP contribution in [0.5, 0.6) is 0 Å². The Morgan fingerprint density at radius 3 is 2.57 bits per heavy atom. The molecule has 2 aromatic carbocycles. The van der Waals surface area contributed by atoms with Gasteiger partial charge in [0.1, 0.15) is 5.54 Å². The number of hydrogen-bond donors (Lipinski definition) is 1. The van der Waals surface area contributed by atoms with Crippen LogP contribution in [0.4, 0.5) is 4.79 Å². The molecule has 144 valence electrons. The van der Waals surface area contributed by atoms with Crippen LogP contribution in [0.3, 0.4) is 0 Å². The average Bonchev–Trinajstić information content (AvgIpc) is 3.22. The molecule has 1 aliphatic heterocycles. The van der Waals surface area contributed by atoms with Crippen molar-refractivity contribution < 1.29 is 14.4 Å². The van der Waals surface area contributed by atoms with Crippen LogP contribution in [0.1, 0.15) is 40.4 Å². The molecule has 2 aromatic rings. The second-order valence-electron chi connectivity index (χ2n) is 7.34. The lowest BCUT2D eigenvalue weighted by atomic mass is 9.89. The molecule has 28 heavy (non-hydrogen) atoms. The molecule has 4 rings (SSSR count). The van der Waals surface area contributed by atoms with Crippen LogP contribution in [0, 0.1) is 0 Å². The summed E-state index contributed by atoms with van der Waals surface area (Å²) in [5.74, 6) is -0.830. The summed E-state index contributed by atoms with van der Waals surface area (Å²) in [6.45, 7) is 1.32. The minimum atomic E-state index is -1.19. The SMILES string of the molecule is CC1(c2ccc3c(c2)CCC3)NC(=O)N(CC(=O)c2ccc(Cl)c(Cl)c2)C1=O. The fourth-order valence-electron chi connectivity index (χ4n) is 3.82. The summed E-state index contributed by atoms with van der Waals surface area (Å²) in [5, 5.41) is 3.33. The number of carbonyl (C=O) groups is 3. The topological polar surface area (TPSA) is 66.5 Å². The monoisotopic (exact) mass is 416 g/mol. The molecule has 1 atom stereocenters. The smallest absolute Gasteiger partial charge is 0.319 e. The molecule has 1 fully saturated rings. The first-order valence-electron chi connectivity index (χ1n) is 9.04. The van der Waals surface area contributed by atoms with Crippen LogP contribution < -0.4 is 5.32 Å². The lowest BCUT2D eigenvalue weighted by Crippen LogP contribution is -2.41. The van der Waals surface area contributed by atoms with E-state index in [9.17, 15) is 14.4 Å². The normalized spacial score (nSPS) is 21.0. The van der Waals surface area contributed by atoms with Gasteiger partial charge in [0.15, 0.2) is 5.78 Å². The third-order valence-corrected chi connectivity index (χ3v) is 6.23. The van der Waals surface area contributed by atoms with Gasteiger partial charge in [-0.2, -0.15) is 0 Å². The Balaban J connectivity index is 1.58. The summed E-state index contributed by atoms with van der Waals surface area (Å²) >= 11 is 11.8. The maximum atomic E-state index is 13.1. The van der Waals surface area contributed by atoms with Gasteiger partial charge in [-0.25, -0.2) is 4.79 Å². The summed E-state index contributed by atoms with van der Waals surface area (Å²) in [6.07, 6.45) is 3.11. The Bertz CT molecular complexity index is 1020. The van der Waals surface area contributed by atoms with Gasteiger partial charge < -0.3 is 5.32 Å². The lowest BCUT2D eigenvalue weighted by Gasteiger charge is -2.23. The highest BCUT2D eigenvalue weighted by Crippen LogP contribution is 2.33. The zero-order valence-electron chi connectivity index (χ0n) is 15.2. The van der Waals surface area contributed by atoms with E-state index >= 15 is 0 Å². The molecule has 0 aromatic heterocycles. The molecule has 0 spiro atoms. The third-order valence-electron chi connectivity index (χ3n) is 5.49. The number of rotatable bonds is 4. The Morgan fingerprint density at radius 1 is 1.07 bits per heavy atom. The number of Topliss-reactive ketones (excluding diaryl/α,β-unsaturated/α-hetero) is 1. The van der Waals surface area contributed by atoms with E-state index in [1.807, 2.05) is 18.2 Å². The zero-order chi connectivity index (χ0) is 20.1. The van der Waals surface area contributed by atoms with Crippen LogP contribution in [-0.4, -0.2) is 29.2 Å². The summed E-state index contributed by atoms with van der Waals surface area (Å²) in [5.41, 5.74) is 2.34. The first kappa shape index (κ1) is 19.0. The van der Waals surface area contributed by atoms with Gasteiger partial charge in [-0.3, -0.25) is 14.5 Å². The molecule has 0 radical (unpaired) electrons. The van der Waals surface area contributed by atoms with Crippen molar-refractivity contribution in [3.8, 4) is 0 Å². The number of halogens is 2. The first-order chi connectivity index (χ1) is 13.3. The molecule has 3 amide bonds.